The summed E-state index contributed by atoms with van der Waals surface area (Å²) in [5, 5.41) is 0.796. The van der Waals surface area contributed by atoms with Gasteiger partial charge in [-0.15, -0.1) is 0 Å². The Kier molecular flexibility index (Phi) is 4.57. The van der Waals surface area contributed by atoms with Gasteiger partial charge in [0.05, 0.1) is 0 Å². The van der Waals surface area contributed by atoms with Crippen molar-refractivity contribution < 1.29 is 13.9 Å². The first-order chi connectivity index (χ1) is 13.5. The lowest BCUT2D eigenvalue weighted by Gasteiger charge is -2.10. The van der Waals surface area contributed by atoms with E-state index >= 15 is 0 Å². The Bertz CT molecular complexity index is 1220. The topological polar surface area (TPSA) is 61.4 Å². The molecule has 28 heavy (non-hydrogen) atoms. The Morgan fingerprint density at radius 3 is 2.54 bits per heavy atom. The highest BCUT2D eigenvalue weighted by Gasteiger charge is 2.17. The standard InChI is InChI=1S/C23H19NO4/c1-15-12-20(16(2)24(15)18-6-4-3-5-7-18)21(25)14-27-19-10-8-17-9-11-23(26)28-22(17)13-19/h3-13H,14H2,1-2H3. The van der Waals surface area contributed by atoms with Gasteiger partial charge in [0.2, 0.25) is 5.78 Å². The third kappa shape index (κ3) is 3.34. The van der Waals surface area contributed by atoms with Gasteiger partial charge in [0.15, 0.2) is 6.61 Å². The molecule has 2 aromatic carbocycles. The first-order valence-electron chi connectivity index (χ1n) is 8.97. The fourth-order valence-electron chi connectivity index (χ4n) is 3.38. The second-order valence-corrected chi connectivity index (χ2v) is 6.62. The summed E-state index contributed by atoms with van der Waals surface area (Å²) in [5.41, 5.74) is 3.52. The zero-order chi connectivity index (χ0) is 19.7. The van der Waals surface area contributed by atoms with E-state index in [1.807, 2.05) is 50.2 Å². The molecule has 0 bridgehead atoms. The smallest absolute Gasteiger partial charge is 0.336 e. The van der Waals surface area contributed by atoms with Gasteiger partial charge in [0, 0.05) is 40.2 Å². The molecule has 0 unspecified atom stereocenters. The molecule has 0 aliphatic heterocycles. The van der Waals surface area contributed by atoms with Gasteiger partial charge in [-0.05, 0) is 50.2 Å². The van der Waals surface area contributed by atoms with Crippen LogP contribution in [-0.2, 0) is 0 Å². The molecule has 0 saturated carbocycles. The number of rotatable bonds is 5. The van der Waals surface area contributed by atoms with Crippen LogP contribution in [-0.4, -0.2) is 17.0 Å². The lowest BCUT2D eigenvalue weighted by molar-refractivity contribution is 0.0921. The minimum Gasteiger partial charge on any atom is -0.485 e. The molecule has 140 valence electrons. The van der Waals surface area contributed by atoms with Gasteiger partial charge in [0.1, 0.15) is 11.3 Å². The quantitative estimate of drug-likeness (QED) is 0.383. The molecule has 5 heteroatoms. The molecule has 4 rings (SSSR count). The number of carbonyl (C=O) groups excluding carboxylic acids is 1. The Labute approximate surface area is 161 Å². The minimum atomic E-state index is -0.422. The van der Waals surface area contributed by atoms with Crippen LogP contribution in [0.1, 0.15) is 21.7 Å². The van der Waals surface area contributed by atoms with E-state index in [0.29, 0.717) is 16.9 Å². The summed E-state index contributed by atoms with van der Waals surface area (Å²) >= 11 is 0. The molecule has 2 aromatic heterocycles. The third-order valence-electron chi connectivity index (χ3n) is 4.71. The highest BCUT2D eigenvalue weighted by molar-refractivity contribution is 5.98. The number of nitrogens with zero attached hydrogens (tertiary/aromatic N) is 1. The molecule has 5 nitrogen and oxygen atoms in total. The highest BCUT2D eigenvalue weighted by Crippen LogP contribution is 2.23. The number of para-hydroxylation sites is 1. The van der Waals surface area contributed by atoms with Crippen molar-refractivity contribution in [1.82, 2.24) is 4.57 Å². The number of hydrogen-bond acceptors (Lipinski definition) is 4. The SMILES string of the molecule is Cc1cc(C(=O)COc2ccc3ccc(=O)oc3c2)c(C)n1-c1ccccc1. The number of Topliss-reactive ketones (excluding diaryl/α,β-unsaturated/α-hetero) is 1. The molecule has 0 aliphatic carbocycles. The largest absolute Gasteiger partial charge is 0.485 e. The molecule has 0 spiro atoms. The van der Waals surface area contributed by atoms with Gasteiger partial charge in [0.25, 0.3) is 0 Å². The van der Waals surface area contributed by atoms with Crippen LogP contribution in [0.15, 0.2) is 75.9 Å². The normalized spacial score (nSPS) is 10.9. The van der Waals surface area contributed by atoms with Crippen molar-refractivity contribution in [3.8, 4) is 11.4 Å². The van der Waals surface area contributed by atoms with Gasteiger partial charge < -0.3 is 13.7 Å². The second-order valence-electron chi connectivity index (χ2n) is 6.62. The van der Waals surface area contributed by atoms with Crippen LogP contribution in [0.3, 0.4) is 0 Å². The number of aryl methyl sites for hydroxylation is 1. The number of benzene rings is 2. The van der Waals surface area contributed by atoms with Crippen LogP contribution in [0.5, 0.6) is 5.75 Å². The van der Waals surface area contributed by atoms with Crippen molar-refractivity contribution in [2.45, 2.75) is 13.8 Å². The predicted molar refractivity (Wildman–Crippen MR) is 108 cm³/mol. The maximum absolute atomic E-state index is 12.7. The van der Waals surface area contributed by atoms with Crippen molar-refractivity contribution >= 4 is 16.8 Å². The molecule has 0 radical (unpaired) electrons. The molecular formula is C23H19NO4. The number of ketones is 1. The highest BCUT2D eigenvalue weighted by atomic mass is 16.5. The van der Waals surface area contributed by atoms with Crippen molar-refractivity contribution in [1.29, 1.82) is 0 Å². The zero-order valence-electron chi connectivity index (χ0n) is 15.6. The van der Waals surface area contributed by atoms with Gasteiger partial charge in [-0.1, -0.05) is 18.2 Å². The first kappa shape index (κ1) is 17.8. The van der Waals surface area contributed by atoms with Crippen LogP contribution in [0.4, 0.5) is 0 Å². The van der Waals surface area contributed by atoms with Crippen molar-refractivity contribution in [3.63, 3.8) is 0 Å². The van der Waals surface area contributed by atoms with Gasteiger partial charge in [-0.3, -0.25) is 4.79 Å². The predicted octanol–water partition coefficient (Wildman–Crippen LogP) is 4.46. The number of hydrogen-bond donors (Lipinski definition) is 0. The summed E-state index contributed by atoms with van der Waals surface area (Å²) in [5.74, 6) is 0.372. The lowest BCUT2D eigenvalue weighted by atomic mass is 10.1. The van der Waals surface area contributed by atoms with Crippen LogP contribution < -0.4 is 10.4 Å². The van der Waals surface area contributed by atoms with Gasteiger partial charge >= 0.3 is 5.63 Å². The van der Waals surface area contributed by atoms with Gasteiger partial charge in [-0.2, -0.15) is 0 Å². The Balaban J connectivity index is 1.55. The van der Waals surface area contributed by atoms with Crippen molar-refractivity contribution in [2.75, 3.05) is 6.61 Å². The minimum absolute atomic E-state index is 0.0956. The fourth-order valence-corrected chi connectivity index (χ4v) is 3.38. The van der Waals surface area contributed by atoms with Crippen LogP contribution in [0.2, 0.25) is 0 Å². The Morgan fingerprint density at radius 1 is 1.00 bits per heavy atom. The van der Waals surface area contributed by atoms with Gasteiger partial charge in [-0.25, -0.2) is 4.79 Å². The summed E-state index contributed by atoms with van der Waals surface area (Å²) in [6, 6.07) is 20.0. The fraction of sp³-hybridized carbons (Fsp3) is 0.130. The Hall–Kier alpha value is -3.60. The van der Waals surface area contributed by atoms with E-state index in [1.54, 1.807) is 24.3 Å². The molecule has 0 aliphatic rings. The average molecular weight is 373 g/mol. The lowest BCUT2D eigenvalue weighted by Crippen LogP contribution is -2.12. The number of carbonyl (C=O) groups is 1. The van der Waals surface area contributed by atoms with Crippen molar-refractivity contribution in [3.05, 3.63) is 94.1 Å². The van der Waals surface area contributed by atoms with E-state index in [2.05, 4.69) is 4.57 Å². The molecule has 0 saturated heterocycles. The molecule has 0 N–H and O–H groups in total. The van der Waals surface area contributed by atoms with Crippen molar-refractivity contribution in [2.24, 2.45) is 0 Å². The van der Waals surface area contributed by atoms with Crippen LogP contribution >= 0.6 is 0 Å². The summed E-state index contributed by atoms with van der Waals surface area (Å²) in [6.45, 7) is 3.81. The van der Waals surface area contributed by atoms with E-state index in [0.717, 1.165) is 22.5 Å². The third-order valence-corrected chi connectivity index (χ3v) is 4.71. The monoisotopic (exact) mass is 373 g/mol. The first-order valence-corrected chi connectivity index (χ1v) is 8.97. The number of ether oxygens (including phenoxy) is 1. The second kappa shape index (κ2) is 7.19. The van der Waals surface area contributed by atoms with E-state index < -0.39 is 5.63 Å². The summed E-state index contributed by atoms with van der Waals surface area (Å²) < 4.78 is 12.9. The van der Waals surface area contributed by atoms with E-state index in [1.165, 1.54) is 6.07 Å². The average Bonchev–Trinajstić information content (AvgIpc) is 3.00. The zero-order valence-corrected chi connectivity index (χ0v) is 15.6. The molecule has 0 fully saturated rings. The molecule has 4 aromatic rings. The van der Waals surface area contributed by atoms with E-state index in [4.69, 9.17) is 9.15 Å². The summed E-state index contributed by atoms with van der Waals surface area (Å²) in [7, 11) is 0. The van der Waals surface area contributed by atoms with Crippen LogP contribution in [0.25, 0.3) is 16.7 Å². The summed E-state index contributed by atoms with van der Waals surface area (Å²) in [4.78, 5) is 24.1. The number of aromatic nitrogens is 1. The van der Waals surface area contributed by atoms with E-state index in [9.17, 15) is 9.59 Å². The maximum Gasteiger partial charge on any atom is 0.336 e. The summed E-state index contributed by atoms with van der Waals surface area (Å²) in [6.07, 6.45) is 0. The molecule has 0 atom stereocenters. The van der Waals surface area contributed by atoms with E-state index in [-0.39, 0.29) is 12.4 Å². The molecule has 0 amide bonds. The van der Waals surface area contributed by atoms with Crippen LogP contribution in [0, 0.1) is 13.8 Å². The number of fused-ring (bicyclic) bond motifs is 1. The Morgan fingerprint density at radius 2 is 1.75 bits per heavy atom. The molecule has 2 heterocycles. The maximum atomic E-state index is 12.7. The molecular weight excluding hydrogens is 354 g/mol.